The molecular formula is C30H34F3N7O2. The van der Waals surface area contributed by atoms with E-state index in [4.69, 9.17) is 0 Å². The summed E-state index contributed by atoms with van der Waals surface area (Å²) in [5, 5.41) is 11.2. The predicted molar refractivity (Wildman–Crippen MR) is 152 cm³/mol. The Kier molecular flexibility index (Phi) is 7.65. The largest absolute Gasteiger partial charge is 0.389 e. The fourth-order valence-electron chi connectivity index (χ4n) is 6.39. The highest BCUT2D eigenvalue weighted by Gasteiger charge is 2.44. The molecular weight excluding hydrogens is 547 g/mol. The minimum atomic E-state index is -4.34. The van der Waals surface area contributed by atoms with E-state index in [2.05, 4.69) is 25.6 Å². The van der Waals surface area contributed by atoms with Crippen molar-refractivity contribution < 1.29 is 22.8 Å². The zero-order valence-corrected chi connectivity index (χ0v) is 23.3. The summed E-state index contributed by atoms with van der Waals surface area (Å²) in [7, 11) is 0. The van der Waals surface area contributed by atoms with Gasteiger partial charge in [0.15, 0.2) is 5.65 Å². The van der Waals surface area contributed by atoms with Crippen LogP contribution in [0.1, 0.15) is 60.9 Å². The first kappa shape index (κ1) is 28.2. The highest BCUT2D eigenvalue weighted by molar-refractivity contribution is 5.95. The number of nitrogens with one attached hydrogen (secondary N) is 2. The molecule has 3 aromatic rings. The summed E-state index contributed by atoms with van der Waals surface area (Å²) in [5.74, 6) is -0.0262. The lowest BCUT2D eigenvalue weighted by Crippen LogP contribution is -2.56. The van der Waals surface area contributed by atoms with Crippen molar-refractivity contribution >= 4 is 34.7 Å². The van der Waals surface area contributed by atoms with Crippen molar-refractivity contribution in [1.29, 1.82) is 0 Å². The van der Waals surface area contributed by atoms with E-state index >= 15 is 0 Å². The van der Waals surface area contributed by atoms with Crippen molar-refractivity contribution in [3.8, 4) is 0 Å². The molecule has 0 saturated carbocycles. The predicted octanol–water partition coefficient (Wildman–Crippen LogP) is 4.79. The quantitative estimate of drug-likeness (QED) is 0.435. The summed E-state index contributed by atoms with van der Waals surface area (Å²) in [5.41, 5.74) is 3.81. The van der Waals surface area contributed by atoms with Crippen LogP contribution in [-0.2, 0) is 4.79 Å². The molecule has 5 heterocycles. The number of halogens is 3. The van der Waals surface area contributed by atoms with Crippen molar-refractivity contribution in [3.63, 3.8) is 0 Å². The third-order valence-corrected chi connectivity index (χ3v) is 8.57. The molecule has 1 atom stereocenters. The second-order valence-corrected chi connectivity index (χ2v) is 11.3. The number of rotatable bonds is 6. The van der Waals surface area contributed by atoms with E-state index in [9.17, 15) is 22.8 Å². The van der Waals surface area contributed by atoms with Gasteiger partial charge in [0.25, 0.3) is 5.91 Å². The first-order valence-corrected chi connectivity index (χ1v) is 14.5. The van der Waals surface area contributed by atoms with E-state index in [-0.39, 0.29) is 18.0 Å². The van der Waals surface area contributed by atoms with Gasteiger partial charge < -0.3 is 20.4 Å². The summed E-state index contributed by atoms with van der Waals surface area (Å²) in [6.07, 6.45) is 2.39. The number of anilines is 2. The number of pyridine rings is 1. The van der Waals surface area contributed by atoms with Gasteiger partial charge >= 0.3 is 6.18 Å². The first-order chi connectivity index (χ1) is 20.2. The fourth-order valence-corrected chi connectivity index (χ4v) is 6.39. The van der Waals surface area contributed by atoms with Crippen molar-refractivity contribution in [2.45, 2.75) is 56.7 Å². The average molecular weight is 582 g/mol. The number of amides is 2. The zero-order valence-electron chi connectivity index (χ0n) is 23.3. The van der Waals surface area contributed by atoms with Crippen LogP contribution in [-0.4, -0.2) is 80.7 Å². The van der Waals surface area contributed by atoms with E-state index < -0.39 is 24.9 Å². The van der Waals surface area contributed by atoms with Crippen LogP contribution in [0, 0.1) is 0 Å². The zero-order chi connectivity index (χ0) is 29.3. The lowest BCUT2D eigenvalue weighted by molar-refractivity contribution is -0.148. The second-order valence-electron chi connectivity index (χ2n) is 11.3. The maximum atomic E-state index is 13.4. The van der Waals surface area contributed by atoms with Gasteiger partial charge in [-0.05, 0) is 80.6 Å². The Morgan fingerprint density at radius 2 is 1.88 bits per heavy atom. The molecule has 2 fully saturated rings. The van der Waals surface area contributed by atoms with Gasteiger partial charge in [-0.1, -0.05) is 6.08 Å². The monoisotopic (exact) mass is 581 g/mol. The number of hydrogen-bond donors (Lipinski definition) is 2. The number of nitrogens with zero attached hydrogens (tertiary/aromatic N) is 5. The summed E-state index contributed by atoms with van der Waals surface area (Å²) < 4.78 is 39.2. The number of carbonyl (C=O) groups is 2. The molecule has 1 spiro atoms. The van der Waals surface area contributed by atoms with E-state index in [0.29, 0.717) is 30.1 Å². The van der Waals surface area contributed by atoms with Crippen LogP contribution < -0.4 is 10.6 Å². The average Bonchev–Trinajstić information content (AvgIpc) is 3.59. The minimum Gasteiger partial charge on any atom is -0.339 e. The van der Waals surface area contributed by atoms with Gasteiger partial charge in [0, 0.05) is 55.6 Å². The van der Waals surface area contributed by atoms with Crippen LogP contribution in [0.5, 0.6) is 0 Å². The Balaban J connectivity index is 1.12. The number of alkyl halides is 3. The van der Waals surface area contributed by atoms with Crippen LogP contribution in [0.3, 0.4) is 0 Å². The minimum absolute atomic E-state index is 0.0691. The van der Waals surface area contributed by atoms with Gasteiger partial charge in [-0.3, -0.25) is 9.59 Å². The summed E-state index contributed by atoms with van der Waals surface area (Å²) in [6, 6.07) is 11.2. The lowest BCUT2D eigenvalue weighted by Gasteiger charge is -2.42. The number of likely N-dealkylation sites (tertiary alicyclic amines) is 1. The SMILES string of the molecule is O=C(CCC(F)(F)F)N1CC=C(c2cccn3nc(Nc4ccc(C(=O)N5CCCC56CCCNC6)cc4)nc23)CC1. The van der Waals surface area contributed by atoms with Gasteiger partial charge in [-0.15, -0.1) is 5.10 Å². The Morgan fingerprint density at radius 3 is 2.60 bits per heavy atom. The normalized spacial score (nSPS) is 21.2. The smallest absolute Gasteiger partial charge is 0.339 e. The molecule has 222 valence electrons. The third-order valence-electron chi connectivity index (χ3n) is 8.57. The van der Waals surface area contributed by atoms with Crippen molar-refractivity contribution in [2.24, 2.45) is 0 Å². The van der Waals surface area contributed by atoms with Crippen LogP contribution in [0.2, 0.25) is 0 Å². The molecule has 2 amide bonds. The number of aromatic nitrogens is 3. The molecule has 1 unspecified atom stereocenters. The number of carbonyl (C=O) groups excluding carboxylic acids is 2. The van der Waals surface area contributed by atoms with E-state index in [1.165, 1.54) is 4.90 Å². The summed E-state index contributed by atoms with van der Waals surface area (Å²) >= 11 is 0. The van der Waals surface area contributed by atoms with Gasteiger partial charge in [-0.2, -0.15) is 18.2 Å². The molecule has 12 heteroatoms. The van der Waals surface area contributed by atoms with E-state index in [1.807, 2.05) is 42.5 Å². The molecule has 0 aliphatic carbocycles. The fraction of sp³-hybridized carbons (Fsp3) is 0.467. The van der Waals surface area contributed by atoms with Gasteiger partial charge in [0.1, 0.15) is 0 Å². The van der Waals surface area contributed by atoms with Crippen LogP contribution in [0.4, 0.5) is 24.8 Å². The molecule has 9 nitrogen and oxygen atoms in total. The number of piperidine rings is 1. The first-order valence-electron chi connectivity index (χ1n) is 14.5. The van der Waals surface area contributed by atoms with Crippen LogP contribution >= 0.6 is 0 Å². The molecule has 2 N–H and O–H groups in total. The van der Waals surface area contributed by atoms with Crippen molar-refractivity contribution in [2.75, 3.05) is 38.0 Å². The Bertz CT molecular complexity index is 1490. The second kappa shape index (κ2) is 11.4. The van der Waals surface area contributed by atoms with E-state index in [1.54, 1.807) is 10.7 Å². The molecule has 42 heavy (non-hydrogen) atoms. The maximum absolute atomic E-state index is 13.4. The van der Waals surface area contributed by atoms with Crippen molar-refractivity contribution in [3.05, 3.63) is 59.8 Å². The van der Waals surface area contributed by atoms with E-state index in [0.717, 1.165) is 62.1 Å². The van der Waals surface area contributed by atoms with Crippen LogP contribution in [0.25, 0.3) is 11.2 Å². The molecule has 6 rings (SSSR count). The molecule has 1 aromatic carbocycles. The Morgan fingerprint density at radius 1 is 1.07 bits per heavy atom. The topological polar surface area (TPSA) is 94.9 Å². The molecule has 3 aliphatic rings. The molecule has 0 radical (unpaired) electrons. The molecule has 0 bridgehead atoms. The molecule has 2 aromatic heterocycles. The Labute approximate surface area is 241 Å². The summed E-state index contributed by atoms with van der Waals surface area (Å²) in [4.78, 5) is 33.8. The Hall–Kier alpha value is -3.93. The molecule has 2 saturated heterocycles. The van der Waals surface area contributed by atoms with Gasteiger partial charge in [0.05, 0.1) is 12.0 Å². The van der Waals surface area contributed by atoms with Crippen molar-refractivity contribution in [1.82, 2.24) is 29.7 Å². The highest BCUT2D eigenvalue weighted by atomic mass is 19.4. The lowest BCUT2D eigenvalue weighted by atomic mass is 9.87. The molecule has 3 aliphatic heterocycles. The number of hydrogen-bond acceptors (Lipinski definition) is 6. The highest BCUT2D eigenvalue weighted by Crippen LogP contribution is 2.36. The van der Waals surface area contributed by atoms with Gasteiger partial charge in [-0.25, -0.2) is 4.52 Å². The number of benzene rings is 1. The summed E-state index contributed by atoms with van der Waals surface area (Å²) in [6.45, 7) is 3.26. The number of fused-ring (bicyclic) bond motifs is 1. The van der Waals surface area contributed by atoms with Gasteiger partial charge in [0.2, 0.25) is 11.9 Å². The standard InChI is InChI=1S/C30H34F3N7O2/c31-30(32,33)14-9-25(41)38-18-10-21(11-19-38)24-4-1-17-40-26(24)36-28(37-40)35-23-7-5-22(6-8-23)27(42)39-16-3-13-29(39)12-2-15-34-20-29/h1,4-8,10,17,34H,2-3,9,11-16,18-20H2,(H,35,37). The van der Waals surface area contributed by atoms with Crippen LogP contribution in [0.15, 0.2) is 48.7 Å². The maximum Gasteiger partial charge on any atom is 0.389 e. The third kappa shape index (κ3) is 5.85.